The second-order valence-electron chi connectivity index (χ2n) is 5.86. The Morgan fingerprint density at radius 2 is 2.00 bits per heavy atom. The third kappa shape index (κ3) is 5.85. The molecule has 1 fully saturated rings. The number of aromatic nitrogens is 1. The number of nitrogens with zero attached hydrogens (tertiary/aromatic N) is 1. The number of hydrogen-bond acceptors (Lipinski definition) is 5. The average Bonchev–Trinajstić information content (AvgIpc) is 3.13. The molecule has 1 aromatic heterocycles. The van der Waals surface area contributed by atoms with Gasteiger partial charge in [0.1, 0.15) is 11.9 Å². The molecule has 1 aliphatic heterocycles. The van der Waals surface area contributed by atoms with Gasteiger partial charge in [0.05, 0.1) is 18.8 Å². The number of carbonyl (C=O) groups is 1. The fourth-order valence-corrected chi connectivity index (χ4v) is 2.45. The molecule has 2 heterocycles. The Kier molecular flexibility index (Phi) is 5.80. The monoisotopic (exact) mass is 382 g/mol. The van der Waals surface area contributed by atoms with Gasteiger partial charge >= 0.3 is 6.36 Å². The first-order valence-electron chi connectivity index (χ1n) is 8.22. The van der Waals surface area contributed by atoms with Gasteiger partial charge in [0.25, 0.3) is 5.91 Å². The number of carbonyl (C=O) groups excluding carboxylic acids is 1. The summed E-state index contributed by atoms with van der Waals surface area (Å²) in [6.07, 6.45) is -2.55. The summed E-state index contributed by atoms with van der Waals surface area (Å²) >= 11 is 0. The van der Waals surface area contributed by atoms with Gasteiger partial charge in [-0.3, -0.25) is 4.79 Å². The molecule has 1 atom stereocenters. The third-order valence-corrected chi connectivity index (χ3v) is 3.78. The molecule has 0 radical (unpaired) electrons. The van der Waals surface area contributed by atoms with Crippen LogP contribution in [0.5, 0.6) is 11.6 Å². The molecule has 3 rings (SSSR count). The highest BCUT2D eigenvalue weighted by Gasteiger charge is 2.30. The van der Waals surface area contributed by atoms with Crippen LogP contribution in [0.25, 0.3) is 0 Å². The van der Waals surface area contributed by atoms with Gasteiger partial charge in [-0.1, -0.05) is 12.1 Å². The van der Waals surface area contributed by atoms with Crippen LogP contribution in [0.15, 0.2) is 42.6 Å². The number of benzene rings is 1. The minimum atomic E-state index is -4.73. The first-order chi connectivity index (χ1) is 12.9. The zero-order chi connectivity index (χ0) is 19.3. The predicted molar refractivity (Wildman–Crippen MR) is 88.4 cm³/mol. The predicted octanol–water partition coefficient (Wildman–Crippen LogP) is 3.08. The number of halogens is 3. The summed E-state index contributed by atoms with van der Waals surface area (Å²) in [7, 11) is 0. The molecule has 2 aromatic rings. The van der Waals surface area contributed by atoms with Gasteiger partial charge < -0.3 is 19.5 Å². The molecule has 1 amide bonds. The summed E-state index contributed by atoms with van der Waals surface area (Å²) in [5, 5.41) is 2.67. The summed E-state index contributed by atoms with van der Waals surface area (Å²) < 4.78 is 51.0. The number of ether oxygens (including phenoxy) is 3. The van der Waals surface area contributed by atoms with Crippen LogP contribution in [-0.2, 0) is 11.3 Å². The van der Waals surface area contributed by atoms with E-state index in [1.165, 1.54) is 30.5 Å². The molecule has 0 unspecified atom stereocenters. The molecule has 6 nitrogen and oxygen atoms in total. The molecule has 1 saturated heterocycles. The van der Waals surface area contributed by atoms with E-state index in [1.807, 2.05) is 0 Å². The van der Waals surface area contributed by atoms with Crippen LogP contribution < -0.4 is 14.8 Å². The minimum absolute atomic E-state index is 0.0264. The molecule has 9 heteroatoms. The molecular weight excluding hydrogens is 365 g/mol. The fraction of sp³-hybridized carbons (Fsp3) is 0.333. The highest BCUT2D eigenvalue weighted by Crippen LogP contribution is 2.22. The number of pyridine rings is 1. The molecule has 0 saturated carbocycles. The normalized spacial score (nSPS) is 16.8. The van der Waals surface area contributed by atoms with Crippen molar-refractivity contribution in [2.45, 2.75) is 25.4 Å². The lowest BCUT2D eigenvalue weighted by Crippen LogP contribution is -2.23. The summed E-state index contributed by atoms with van der Waals surface area (Å²) in [4.78, 5) is 16.2. The van der Waals surface area contributed by atoms with Crippen molar-refractivity contribution in [3.8, 4) is 11.6 Å². The molecule has 27 heavy (non-hydrogen) atoms. The van der Waals surface area contributed by atoms with Gasteiger partial charge in [-0.15, -0.1) is 13.2 Å². The van der Waals surface area contributed by atoms with Gasteiger partial charge in [-0.2, -0.15) is 0 Å². The van der Waals surface area contributed by atoms with E-state index in [0.717, 1.165) is 6.42 Å². The average molecular weight is 382 g/mol. The number of hydrogen-bond donors (Lipinski definition) is 1. The van der Waals surface area contributed by atoms with E-state index >= 15 is 0 Å². The van der Waals surface area contributed by atoms with Crippen molar-refractivity contribution in [3.05, 3.63) is 53.7 Å². The van der Waals surface area contributed by atoms with Crippen LogP contribution in [0.2, 0.25) is 0 Å². The molecule has 1 N–H and O–H groups in total. The Bertz CT molecular complexity index is 758. The lowest BCUT2D eigenvalue weighted by Gasteiger charge is -2.11. The highest BCUT2D eigenvalue weighted by molar-refractivity contribution is 5.93. The Hall–Kier alpha value is -2.81. The van der Waals surface area contributed by atoms with Crippen LogP contribution in [0.4, 0.5) is 13.2 Å². The highest BCUT2D eigenvalue weighted by atomic mass is 19.4. The quantitative estimate of drug-likeness (QED) is 0.832. The van der Waals surface area contributed by atoms with Crippen LogP contribution in [0, 0.1) is 0 Å². The molecule has 0 aliphatic carbocycles. The number of alkyl halides is 3. The standard InChI is InChI=1S/C18H17F3N2O4/c19-18(20,21)27-14-4-1-12(2-5-14)9-23-17(24)13-3-6-16(22-10-13)26-15-7-8-25-11-15/h1-6,10,15H,7-9,11H2,(H,23,24)/t15-/m0/s1. The maximum absolute atomic E-state index is 12.1. The number of nitrogens with one attached hydrogen (secondary N) is 1. The van der Waals surface area contributed by atoms with Crippen molar-refractivity contribution in [2.24, 2.45) is 0 Å². The summed E-state index contributed by atoms with van der Waals surface area (Å²) in [5.74, 6) is -0.249. The third-order valence-electron chi connectivity index (χ3n) is 3.78. The maximum atomic E-state index is 12.1. The second-order valence-corrected chi connectivity index (χ2v) is 5.86. The van der Waals surface area contributed by atoms with Gasteiger partial charge in [0.15, 0.2) is 0 Å². The van der Waals surface area contributed by atoms with Crippen LogP contribution >= 0.6 is 0 Å². The zero-order valence-electron chi connectivity index (χ0n) is 14.2. The van der Waals surface area contributed by atoms with Crippen molar-refractivity contribution in [3.63, 3.8) is 0 Å². The number of rotatable bonds is 6. The van der Waals surface area contributed by atoms with Crippen LogP contribution in [0.1, 0.15) is 22.3 Å². The Morgan fingerprint density at radius 1 is 1.22 bits per heavy atom. The van der Waals surface area contributed by atoms with Crippen molar-refractivity contribution in [2.75, 3.05) is 13.2 Å². The lowest BCUT2D eigenvalue weighted by molar-refractivity contribution is -0.274. The number of amides is 1. The van der Waals surface area contributed by atoms with E-state index < -0.39 is 6.36 Å². The smallest absolute Gasteiger partial charge is 0.472 e. The Morgan fingerprint density at radius 3 is 2.59 bits per heavy atom. The lowest BCUT2D eigenvalue weighted by atomic mass is 10.2. The maximum Gasteiger partial charge on any atom is 0.573 e. The SMILES string of the molecule is O=C(NCc1ccc(OC(F)(F)F)cc1)c1ccc(O[C@H]2CCOC2)nc1. The van der Waals surface area contributed by atoms with Crippen molar-refractivity contribution >= 4 is 5.91 Å². The summed E-state index contributed by atoms with van der Waals surface area (Å²) in [6.45, 7) is 1.34. The zero-order valence-corrected chi connectivity index (χ0v) is 14.2. The van der Waals surface area contributed by atoms with Gasteiger partial charge in [-0.05, 0) is 23.8 Å². The van der Waals surface area contributed by atoms with Crippen molar-refractivity contribution in [1.29, 1.82) is 0 Å². The second kappa shape index (κ2) is 8.26. The topological polar surface area (TPSA) is 69.7 Å². The molecule has 1 aliphatic rings. The van der Waals surface area contributed by atoms with E-state index in [0.29, 0.717) is 30.2 Å². The van der Waals surface area contributed by atoms with Crippen molar-refractivity contribution < 1.29 is 32.2 Å². The first kappa shape index (κ1) is 19.0. The van der Waals surface area contributed by atoms with Gasteiger partial charge in [0.2, 0.25) is 5.88 Å². The first-order valence-corrected chi connectivity index (χ1v) is 8.22. The van der Waals surface area contributed by atoms with Gasteiger partial charge in [0, 0.05) is 25.2 Å². The summed E-state index contributed by atoms with van der Waals surface area (Å²) in [6, 6.07) is 8.47. The van der Waals surface area contributed by atoms with Crippen molar-refractivity contribution in [1.82, 2.24) is 10.3 Å². The molecule has 0 spiro atoms. The molecule has 1 aromatic carbocycles. The Balaban J connectivity index is 1.49. The van der Waals surface area contributed by atoms with Crippen LogP contribution in [-0.4, -0.2) is 36.6 Å². The van der Waals surface area contributed by atoms with E-state index in [1.54, 1.807) is 12.1 Å². The minimum Gasteiger partial charge on any atom is -0.472 e. The fourth-order valence-electron chi connectivity index (χ4n) is 2.45. The Labute approximate surface area is 153 Å². The van der Waals surface area contributed by atoms with E-state index in [9.17, 15) is 18.0 Å². The molecular formula is C18H17F3N2O4. The largest absolute Gasteiger partial charge is 0.573 e. The van der Waals surface area contributed by atoms with Crippen LogP contribution in [0.3, 0.4) is 0 Å². The van der Waals surface area contributed by atoms with E-state index in [-0.39, 0.29) is 24.3 Å². The van der Waals surface area contributed by atoms with E-state index in [4.69, 9.17) is 9.47 Å². The summed E-state index contributed by atoms with van der Waals surface area (Å²) in [5.41, 5.74) is 0.981. The molecule has 144 valence electrons. The molecule has 0 bridgehead atoms. The van der Waals surface area contributed by atoms with E-state index in [2.05, 4.69) is 15.0 Å². The van der Waals surface area contributed by atoms with Gasteiger partial charge in [-0.25, -0.2) is 4.98 Å².